The summed E-state index contributed by atoms with van der Waals surface area (Å²) >= 11 is 0. The van der Waals surface area contributed by atoms with Crippen molar-refractivity contribution in [2.75, 3.05) is 20.3 Å². The molecule has 1 atom stereocenters. The fourth-order valence-corrected chi connectivity index (χ4v) is 3.45. The van der Waals surface area contributed by atoms with Crippen LogP contribution >= 0.6 is 0 Å². The van der Waals surface area contributed by atoms with Crippen LogP contribution in [0.25, 0.3) is 0 Å². The van der Waals surface area contributed by atoms with Crippen LogP contribution in [0.4, 0.5) is 9.18 Å². The predicted molar refractivity (Wildman–Crippen MR) is 111 cm³/mol. The summed E-state index contributed by atoms with van der Waals surface area (Å²) in [4.78, 5) is 26.9. The lowest BCUT2D eigenvalue weighted by molar-refractivity contribution is -0.139. The molecule has 0 bridgehead atoms. The molecule has 1 aliphatic heterocycles. The van der Waals surface area contributed by atoms with Gasteiger partial charge < -0.3 is 14.8 Å². The second kappa shape index (κ2) is 8.98. The molecule has 0 aromatic heterocycles. The smallest absolute Gasteiger partial charge is 0.338 e. The average Bonchev–Trinajstić information content (AvgIpc) is 2.70. The summed E-state index contributed by atoms with van der Waals surface area (Å²) in [5.41, 5.74) is 3.55. The third-order valence-electron chi connectivity index (χ3n) is 5.00. The van der Waals surface area contributed by atoms with E-state index in [2.05, 4.69) is 5.32 Å². The van der Waals surface area contributed by atoms with E-state index in [0.717, 1.165) is 16.7 Å². The Morgan fingerprint density at radius 1 is 1.17 bits per heavy atom. The molecule has 0 aliphatic carbocycles. The Labute approximate surface area is 175 Å². The number of nitrogens with zero attached hydrogens (tertiary/aromatic N) is 1. The van der Waals surface area contributed by atoms with Crippen LogP contribution in [0.2, 0.25) is 0 Å². The van der Waals surface area contributed by atoms with E-state index in [-0.39, 0.29) is 25.1 Å². The van der Waals surface area contributed by atoms with Gasteiger partial charge in [0.2, 0.25) is 0 Å². The number of rotatable bonds is 6. The normalized spacial score (nSPS) is 16.4. The Kier molecular flexibility index (Phi) is 6.40. The zero-order valence-electron chi connectivity index (χ0n) is 17.5. The standard InChI is InChI=1S/C23H25FN2O4/c1-5-29-22(27)20-19(13-30-17-9-7-16(24)8-10-17)26(4)23(28)25-21(20)18-11-6-14(2)12-15(18)3/h6-12,21H,5,13H2,1-4H3,(H,25,28)/t21-/m1/s1. The van der Waals surface area contributed by atoms with E-state index >= 15 is 0 Å². The lowest BCUT2D eigenvalue weighted by atomic mass is 9.91. The Hall–Kier alpha value is -3.35. The number of urea groups is 1. The van der Waals surface area contributed by atoms with Crippen molar-refractivity contribution in [2.45, 2.75) is 26.8 Å². The van der Waals surface area contributed by atoms with Gasteiger partial charge in [-0.25, -0.2) is 14.0 Å². The molecule has 0 radical (unpaired) electrons. The van der Waals surface area contributed by atoms with Gasteiger partial charge in [-0.2, -0.15) is 0 Å². The summed E-state index contributed by atoms with van der Waals surface area (Å²) in [6.45, 7) is 5.79. The maximum Gasteiger partial charge on any atom is 0.338 e. The van der Waals surface area contributed by atoms with Crippen LogP contribution in [0.1, 0.15) is 29.7 Å². The maximum absolute atomic E-state index is 13.2. The number of aryl methyl sites for hydroxylation is 2. The number of benzene rings is 2. The number of hydrogen-bond acceptors (Lipinski definition) is 4. The Morgan fingerprint density at radius 2 is 1.87 bits per heavy atom. The van der Waals surface area contributed by atoms with E-state index in [1.165, 1.54) is 29.2 Å². The largest absolute Gasteiger partial charge is 0.487 e. The third-order valence-corrected chi connectivity index (χ3v) is 5.00. The highest BCUT2D eigenvalue weighted by molar-refractivity contribution is 5.95. The van der Waals surface area contributed by atoms with E-state index in [4.69, 9.17) is 9.47 Å². The van der Waals surface area contributed by atoms with Crippen molar-refractivity contribution in [3.63, 3.8) is 0 Å². The van der Waals surface area contributed by atoms with Crippen LogP contribution in [-0.4, -0.2) is 37.2 Å². The minimum Gasteiger partial charge on any atom is -0.487 e. The van der Waals surface area contributed by atoms with Gasteiger partial charge in [-0.1, -0.05) is 23.8 Å². The number of hydrogen-bond donors (Lipinski definition) is 1. The van der Waals surface area contributed by atoms with Crippen molar-refractivity contribution >= 4 is 12.0 Å². The van der Waals surface area contributed by atoms with E-state index in [9.17, 15) is 14.0 Å². The molecule has 158 valence electrons. The fourth-order valence-electron chi connectivity index (χ4n) is 3.45. The third kappa shape index (κ3) is 4.45. The molecular weight excluding hydrogens is 387 g/mol. The number of ether oxygens (including phenoxy) is 2. The Balaban J connectivity index is 2.05. The average molecular weight is 412 g/mol. The highest BCUT2D eigenvalue weighted by atomic mass is 19.1. The van der Waals surface area contributed by atoms with Gasteiger partial charge in [-0.05, 0) is 56.2 Å². The summed E-state index contributed by atoms with van der Waals surface area (Å²) in [6, 6.07) is 10.4. The number of halogens is 1. The monoisotopic (exact) mass is 412 g/mol. The number of likely N-dealkylation sites (N-methyl/N-ethyl adjacent to an activating group) is 1. The van der Waals surface area contributed by atoms with Gasteiger partial charge in [0.05, 0.1) is 23.9 Å². The van der Waals surface area contributed by atoms with Crippen LogP contribution in [0.15, 0.2) is 53.7 Å². The first kappa shape index (κ1) is 21.4. The molecule has 3 rings (SSSR count). The van der Waals surface area contributed by atoms with Crippen LogP contribution in [-0.2, 0) is 9.53 Å². The zero-order valence-corrected chi connectivity index (χ0v) is 17.5. The first-order valence-corrected chi connectivity index (χ1v) is 9.71. The summed E-state index contributed by atoms with van der Waals surface area (Å²) in [6.07, 6.45) is 0. The molecule has 7 heteroatoms. The van der Waals surface area contributed by atoms with Crippen LogP contribution < -0.4 is 10.1 Å². The second-order valence-corrected chi connectivity index (χ2v) is 7.12. The highest BCUT2D eigenvalue weighted by Gasteiger charge is 2.37. The first-order chi connectivity index (χ1) is 14.3. The molecule has 0 fully saturated rings. The number of esters is 1. The van der Waals surface area contributed by atoms with Gasteiger partial charge in [0.15, 0.2) is 0 Å². The van der Waals surface area contributed by atoms with Gasteiger partial charge in [-0.15, -0.1) is 0 Å². The van der Waals surface area contributed by atoms with Gasteiger partial charge in [0.1, 0.15) is 18.2 Å². The van der Waals surface area contributed by atoms with Crippen molar-refractivity contribution < 1.29 is 23.5 Å². The number of carbonyl (C=O) groups is 2. The van der Waals surface area contributed by atoms with E-state index < -0.39 is 12.0 Å². The van der Waals surface area contributed by atoms with Crippen LogP contribution in [0.3, 0.4) is 0 Å². The maximum atomic E-state index is 13.2. The van der Waals surface area contributed by atoms with Gasteiger partial charge in [-0.3, -0.25) is 4.90 Å². The minimum absolute atomic E-state index is 0.0505. The van der Waals surface area contributed by atoms with E-state index in [1.54, 1.807) is 14.0 Å². The van der Waals surface area contributed by atoms with Crippen molar-refractivity contribution in [3.05, 3.63) is 76.2 Å². The van der Waals surface area contributed by atoms with Crippen LogP contribution in [0, 0.1) is 19.7 Å². The molecule has 1 heterocycles. The fraction of sp³-hybridized carbons (Fsp3) is 0.304. The van der Waals surface area contributed by atoms with Gasteiger partial charge in [0, 0.05) is 7.05 Å². The molecule has 0 spiro atoms. The molecule has 2 aromatic carbocycles. The molecule has 1 N–H and O–H groups in total. The summed E-state index contributed by atoms with van der Waals surface area (Å²) in [5.74, 6) is -0.473. The van der Waals surface area contributed by atoms with Gasteiger partial charge >= 0.3 is 12.0 Å². The zero-order chi connectivity index (χ0) is 21.8. The number of nitrogens with one attached hydrogen (secondary N) is 1. The van der Waals surface area contributed by atoms with Crippen molar-refractivity contribution in [1.29, 1.82) is 0 Å². The van der Waals surface area contributed by atoms with Crippen LogP contribution in [0.5, 0.6) is 5.75 Å². The highest BCUT2D eigenvalue weighted by Crippen LogP contribution is 2.33. The summed E-state index contributed by atoms with van der Waals surface area (Å²) < 4.78 is 24.2. The lowest BCUT2D eigenvalue weighted by Gasteiger charge is -2.35. The quantitative estimate of drug-likeness (QED) is 0.728. The molecule has 0 unspecified atom stereocenters. The SMILES string of the molecule is CCOC(=O)C1=C(COc2ccc(F)cc2)N(C)C(=O)N[C@@H]1c1ccc(C)cc1C. The number of carbonyl (C=O) groups excluding carboxylic acids is 2. The molecule has 30 heavy (non-hydrogen) atoms. The molecule has 1 aliphatic rings. The first-order valence-electron chi connectivity index (χ1n) is 9.71. The Bertz CT molecular complexity index is 985. The van der Waals surface area contributed by atoms with Crippen molar-refractivity contribution in [2.24, 2.45) is 0 Å². The molecule has 0 saturated heterocycles. The Morgan fingerprint density at radius 3 is 2.50 bits per heavy atom. The molecular formula is C23H25FN2O4. The van der Waals surface area contributed by atoms with E-state index in [0.29, 0.717) is 17.0 Å². The van der Waals surface area contributed by atoms with E-state index in [1.807, 2.05) is 32.0 Å². The molecule has 0 saturated carbocycles. The topological polar surface area (TPSA) is 67.9 Å². The molecule has 6 nitrogen and oxygen atoms in total. The molecule has 2 aromatic rings. The minimum atomic E-state index is -0.667. The predicted octanol–water partition coefficient (Wildman–Crippen LogP) is 4.03. The second-order valence-electron chi connectivity index (χ2n) is 7.12. The summed E-state index contributed by atoms with van der Waals surface area (Å²) in [7, 11) is 1.57. The van der Waals surface area contributed by atoms with Gasteiger partial charge in [0.25, 0.3) is 0 Å². The van der Waals surface area contributed by atoms with Crippen molar-refractivity contribution in [3.8, 4) is 5.75 Å². The lowest BCUT2D eigenvalue weighted by Crippen LogP contribution is -2.48. The molecule has 2 amide bonds. The number of amides is 2. The van der Waals surface area contributed by atoms with Crippen molar-refractivity contribution in [1.82, 2.24) is 10.2 Å². The summed E-state index contributed by atoms with van der Waals surface area (Å²) in [5, 5.41) is 2.89.